The lowest BCUT2D eigenvalue weighted by atomic mass is 9.96. The fourth-order valence-corrected chi connectivity index (χ4v) is 5.76. The van der Waals surface area contributed by atoms with Gasteiger partial charge in [0.15, 0.2) is 22.9 Å². The number of benzene rings is 2. The van der Waals surface area contributed by atoms with Crippen LogP contribution < -0.4 is 24.4 Å². The molecule has 2 aromatic carbocycles. The second-order valence-electron chi connectivity index (χ2n) is 7.80. The molecule has 0 amide bonds. The van der Waals surface area contributed by atoms with Gasteiger partial charge in [0.05, 0.1) is 29.5 Å². The van der Waals surface area contributed by atoms with E-state index in [2.05, 4.69) is 20.9 Å². The third-order valence-corrected chi connectivity index (χ3v) is 7.34. The number of fused-ring (bicyclic) bond motifs is 1. The number of carbonyl (C=O) groups excluding carboxylic acids is 1. The van der Waals surface area contributed by atoms with Crippen LogP contribution in [0.4, 0.5) is 0 Å². The molecule has 0 spiro atoms. The molecule has 0 unspecified atom stereocenters. The smallest absolute Gasteiger partial charge is 0.338 e. The van der Waals surface area contributed by atoms with Crippen molar-refractivity contribution in [1.29, 1.82) is 5.26 Å². The second kappa shape index (κ2) is 11.3. The Morgan fingerprint density at radius 2 is 2.11 bits per heavy atom. The summed E-state index contributed by atoms with van der Waals surface area (Å²) in [7, 11) is 1.49. The summed E-state index contributed by atoms with van der Waals surface area (Å²) in [6.07, 6.45) is 1.65. The monoisotopic (exact) mass is 601 g/mol. The number of nitrogens with zero attached hydrogens (tertiary/aromatic N) is 3. The lowest BCUT2D eigenvalue weighted by molar-refractivity contribution is -0.139. The van der Waals surface area contributed by atoms with Crippen molar-refractivity contribution in [2.75, 3.05) is 20.3 Å². The summed E-state index contributed by atoms with van der Waals surface area (Å²) in [6, 6.07) is 11.6. The Morgan fingerprint density at radius 3 is 2.78 bits per heavy atom. The van der Waals surface area contributed by atoms with Crippen LogP contribution in [0.1, 0.15) is 31.0 Å². The average Bonchev–Trinajstić information content (AvgIpc) is 3.17. The minimum atomic E-state index is -0.822. The molecule has 0 N–H and O–H groups in total. The average molecular weight is 603 g/mol. The largest absolute Gasteiger partial charge is 0.493 e. The summed E-state index contributed by atoms with van der Waals surface area (Å²) in [5.41, 5.74) is 1.43. The number of nitriles is 1. The van der Waals surface area contributed by atoms with E-state index in [0.29, 0.717) is 47.2 Å². The van der Waals surface area contributed by atoms with Crippen molar-refractivity contribution in [2.24, 2.45) is 4.99 Å². The number of halogens is 2. The van der Waals surface area contributed by atoms with E-state index < -0.39 is 12.0 Å². The standard InChI is InChI=1S/C26H21BrClN3O5S/c1-4-35-25(33)21-14(2)30-26-31(22(21)17-7-5-6-8-18(17)28)24(32)20(37-26)12-15-11-16(27)13-19(34-3)23(15)36-10-9-29/h5-8,11-13,22H,4,10H2,1-3H3/b20-12-/t22-/m0/s1. The molecule has 1 aromatic heterocycles. The fourth-order valence-electron chi connectivity index (χ4n) is 4.03. The number of rotatable bonds is 7. The summed E-state index contributed by atoms with van der Waals surface area (Å²) >= 11 is 11.2. The Bertz CT molecular complexity index is 1640. The normalized spacial score (nSPS) is 15.0. The number of hydrogen-bond donors (Lipinski definition) is 0. The van der Waals surface area contributed by atoms with Crippen LogP contribution in [0.2, 0.25) is 5.02 Å². The summed E-state index contributed by atoms with van der Waals surface area (Å²) in [5, 5.41) is 9.43. The van der Waals surface area contributed by atoms with Gasteiger partial charge >= 0.3 is 5.97 Å². The molecule has 0 fully saturated rings. The molecule has 1 aliphatic rings. The predicted molar refractivity (Wildman–Crippen MR) is 144 cm³/mol. The molecular formula is C26H21BrClN3O5S. The van der Waals surface area contributed by atoms with Crippen molar-refractivity contribution in [3.8, 4) is 17.6 Å². The molecule has 0 bridgehead atoms. The number of esters is 1. The lowest BCUT2D eigenvalue weighted by Gasteiger charge is -2.25. The number of thiazole rings is 1. The van der Waals surface area contributed by atoms with Crippen LogP contribution in [-0.4, -0.2) is 30.9 Å². The molecule has 2 heterocycles. The molecule has 0 radical (unpaired) electrons. The van der Waals surface area contributed by atoms with Crippen LogP contribution >= 0.6 is 38.9 Å². The highest BCUT2D eigenvalue weighted by Crippen LogP contribution is 2.36. The first-order chi connectivity index (χ1) is 17.8. The predicted octanol–water partition coefficient (Wildman–Crippen LogP) is 4.13. The molecule has 4 rings (SSSR count). The van der Waals surface area contributed by atoms with Crippen molar-refractivity contribution in [1.82, 2.24) is 4.57 Å². The van der Waals surface area contributed by atoms with Gasteiger partial charge in [0.2, 0.25) is 0 Å². The van der Waals surface area contributed by atoms with Gasteiger partial charge in [-0.3, -0.25) is 9.36 Å². The maximum absolute atomic E-state index is 13.8. The molecule has 8 nitrogen and oxygen atoms in total. The van der Waals surface area contributed by atoms with Crippen molar-refractivity contribution in [3.05, 3.63) is 88.0 Å². The highest BCUT2D eigenvalue weighted by molar-refractivity contribution is 9.10. The van der Waals surface area contributed by atoms with E-state index in [1.165, 1.54) is 23.0 Å². The summed E-state index contributed by atoms with van der Waals surface area (Å²) < 4.78 is 18.9. The van der Waals surface area contributed by atoms with Crippen LogP contribution in [0.5, 0.6) is 11.5 Å². The van der Waals surface area contributed by atoms with Gasteiger partial charge in [-0.15, -0.1) is 0 Å². The molecule has 1 atom stereocenters. The molecule has 3 aromatic rings. The van der Waals surface area contributed by atoms with E-state index in [4.69, 9.17) is 31.1 Å². The Kier molecular flexibility index (Phi) is 8.17. The van der Waals surface area contributed by atoms with E-state index >= 15 is 0 Å². The number of ether oxygens (including phenoxy) is 3. The molecule has 0 saturated carbocycles. The highest BCUT2D eigenvalue weighted by Gasteiger charge is 2.34. The zero-order valence-corrected chi connectivity index (χ0v) is 23.2. The van der Waals surface area contributed by atoms with Gasteiger partial charge in [0, 0.05) is 15.1 Å². The van der Waals surface area contributed by atoms with Gasteiger partial charge in [0.1, 0.15) is 12.1 Å². The van der Waals surface area contributed by atoms with Gasteiger partial charge in [-0.25, -0.2) is 9.79 Å². The van der Waals surface area contributed by atoms with Crippen LogP contribution in [-0.2, 0) is 9.53 Å². The van der Waals surface area contributed by atoms with Gasteiger partial charge in [0.25, 0.3) is 5.56 Å². The molecule has 0 aliphatic carbocycles. The molecule has 1 aliphatic heterocycles. The molecule has 37 heavy (non-hydrogen) atoms. The van der Waals surface area contributed by atoms with Gasteiger partial charge in [-0.2, -0.15) is 5.26 Å². The Morgan fingerprint density at radius 1 is 1.35 bits per heavy atom. The highest BCUT2D eigenvalue weighted by atomic mass is 79.9. The molecular weight excluding hydrogens is 582 g/mol. The zero-order valence-electron chi connectivity index (χ0n) is 20.1. The van der Waals surface area contributed by atoms with Crippen molar-refractivity contribution in [2.45, 2.75) is 19.9 Å². The summed E-state index contributed by atoms with van der Waals surface area (Å²) in [5.74, 6) is 0.161. The van der Waals surface area contributed by atoms with Crippen molar-refractivity contribution in [3.63, 3.8) is 0 Å². The topological polar surface area (TPSA) is 103 Å². The minimum Gasteiger partial charge on any atom is -0.493 e. The molecule has 0 saturated heterocycles. The quantitative estimate of drug-likeness (QED) is 0.377. The molecule has 190 valence electrons. The fraction of sp³-hybridized carbons (Fsp3) is 0.231. The van der Waals surface area contributed by atoms with E-state index in [1.807, 2.05) is 6.07 Å². The summed E-state index contributed by atoms with van der Waals surface area (Å²) in [4.78, 5) is 31.8. The van der Waals surface area contributed by atoms with Crippen LogP contribution in [0, 0.1) is 11.3 Å². The number of methoxy groups -OCH3 is 1. The van der Waals surface area contributed by atoms with E-state index in [9.17, 15) is 9.59 Å². The van der Waals surface area contributed by atoms with Crippen molar-refractivity contribution < 1.29 is 19.0 Å². The van der Waals surface area contributed by atoms with Gasteiger partial charge < -0.3 is 14.2 Å². The maximum Gasteiger partial charge on any atom is 0.338 e. The first-order valence-electron chi connectivity index (χ1n) is 11.1. The van der Waals surface area contributed by atoms with Crippen LogP contribution in [0.25, 0.3) is 6.08 Å². The van der Waals surface area contributed by atoms with Crippen molar-refractivity contribution >= 4 is 50.9 Å². The zero-order chi connectivity index (χ0) is 26.7. The Labute approximate surface area is 229 Å². The van der Waals surface area contributed by atoms with Crippen LogP contribution in [0.15, 0.2) is 61.9 Å². The van der Waals surface area contributed by atoms with E-state index in [1.54, 1.807) is 56.3 Å². The van der Waals surface area contributed by atoms with Gasteiger partial charge in [-0.05, 0) is 43.7 Å². The number of hydrogen-bond acceptors (Lipinski definition) is 8. The maximum atomic E-state index is 13.8. The van der Waals surface area contributed by atoms with E-state index in [0.717, 1.165) is 0 Å². The Hall–Kier alpha value is -3.39. The summed E-state index contributed by atoms with van der Waals surface area (Å²) in [6.45, 7) is 3.39. The number of aromatic nitrogens is 1. The van der Waals surface area contributed by atoms with Crippen LogP contribution in [0.3, 0.4) is 0 Å². The third-order valence-electron chi connectivity index (χ3n) is 5.55. The third kappa shape index (κ3) is 5.21. The first kappa shape index (κ1) is 26.7. The lowest BCUT2D eigenvalue weighted by Crippen LogP contribution is -2.40. The molecule has 11 heteroatoms. The van der Waals surface area contributed by atoms with E-state index in [-0.39, 0.29) is 24.3 Å². The number of carbonyl (C=O) groups is 1. The second-order valence-corrected chi connectivity index (χ2v) is 10.1. The number of allylic oxidation sites excluding steroid dienone is 1. The SMILES string of the molecule is CCOC(=O)C1=C(C)N=c2s/c(=C\c3cc(Br)cc(OC)c3OCC#N)c(=O)n2[C@H]1c1ccccc1Cl. The Balaban J connectivity index is 1.99. The first-order valence-corrected chi connectivity index (χ1v) is 13.1. The minimum absolute atomic E-state index is 0.172. The van der Waals surface area contributed by atoms with Gasteiger partial charge in [-0.1, -0.05) is 57.1 Å².